The lowest BCUT2D eigenvalue weighted by atomic mass is 10.1. The first-order valence-electron chi connectivity index (χ1n) is 13.4. The number of aliphatic hydroxyl groups is 1. The van der Waals surface area contributed by atoms with E-state index in [2.05, 4.69) is 78.0 Å². The van der Waals surface area contributed by atoms with Crippen LogP contribution in [0.1, 0.15) is 58.1 Å². The molecule has 2 N–H and O–H groups in total. The molecule has 0 bridgehead atoms. The zero-order valence-corrected chi connectivity index (χ0v) is 26.9. The second-order valence-electron chi connectivity index (χ2n) is 13.3. The molecule has 11 heteroatoms. The lowest BCUT2D eigenvalue weighted by molar-refractivity contribution is -0.0513. The van der Waals surface area contributed by atoms with Crippen molar-refractivity contribution in [3.05, 3.63) is 58.6 Å². The SMILES string of the molecule is CC(C)(C)[Si](C)(C)OC[C@H]1O[C@@H](n2ccc(NC(=O)c3ccccc3)nc2=O)C(O[Si](C)(C)C(C)(C)C)[C@H]1O. The molecule has 1 fully saturated rings. The third-order valence-corrected chi connectivity index (χ3v) is 17.3. The zero-order valence-electron chi connectivity index (χ0n) is 24.9. The minimum Gasteiger partial charge on any atom is -0.414 e. The van der Waals surface area contributed by atoms with Gasteiger partial charge in [0, 0.05) is 11.8 Å². The van der Waals surface area contributed by atoms with Gasteiger partial charge in [-0.2, -0.15) is 4.98 Å². The van der Waals surface area contributed by atoms with Crippen molar-refractivity contribution in [2.24, 2.45) is 0 Å². The number of anilines is 1. The number of nitrogens with zero attached hydrogens (tertiary/aromatic N) is 2. The summed E-state index contributed by atoms with van der Waals surface area (Å²) in [6.07, 6.45) is -1.85. The molecule has 1 amide bonds. The molecule has 216 valence electrons. The molecule has 0 aliphatic carbocycles. The maximum atomic E-state index is 13.2. The summed E-state index contributed by atoms with van der Waals surface area (Å²) in [5, 5.41) is 13.9. The number of rotatable bonds is 8. The summed E-state index contributed by atoms with van der Waals surface area (Å²) in [6.45, 7) is 21.5. The molecule has 0 saturated carbocycles. The Balaban J connectivity index is 1.89. The van der Waals surface area contributed by atoms with Gasteiger partial charge in [0.2, 0.25) is 0 Å². The summed E-state index contributed by atoms with van der Waals surface area (Å²) in [7, 11) is -4.47. The monoisotopic (exact) mass is 575 g/mol. The van der Waals surface area contributed by atoms with Crippen molar-refractivity contribution in [1.29, 1.82) is 0 Å². The first-order chi connectivity index (χ1) is 17.8. The van der Waals surface area contributed by atoms with E-state index in [1.807, 2.05) is 6.07 Å². The maximum absolute atomic E-state index is 13.2. The molecule has 1 aromatic heterocycles. The molecule has 1 aliphatic rings. The maximum Gasteiger partial charge on any atom is 0.351 e. The number of carbonyl (C=O) groups is 1. The van der Waals surface area contributed by atoms with E-state index in [4.69, 9.17) is 13.6 Å². The van der Waals surface area contributed by atoms with Gasteiger partial charge in [-0.15, -0.1) is 0 Å². The Hall–Kier alpha value is -2.16. The highest BCUT2D eigenvalue weighted by atomic mass is 28.4. The Morgan fingerprint density at radius 1 is 1.03 bits per heavy atom. The quantitative estimate of drug-likeness (QED) is 0.418. The van der Waals surface area contributed by atoms with Gasteiger partial charge < -0.3 is 24.0 Å². The van der Waals surface area contributed by atoms with Crippen LogP contribution in [0.4, 0.5) is 5.82 Å². The molecule has 1 saturated heterocycles. The van der Waals surface area contributed by atoms with Gasteiger partial charge in [-0.1, -0.05) is 59.7 Å². The molecule has 4 atom stereocenters. The van der Waals surface area contributed by atoms with Gasteiger partial charge in [-0.25, -0.2) is 4.79 Å². The number of hydrogen-bond donors (Lipinski definition) is 2. The number of aromatic nitrogens is 2. The predicted octanol–water partition coefficient (Wildman–Crippen LogP) is 5.17. The van der Waals surface area contributed by atoms with Crippen LogP contribution in [0.3, 0.4) is 0 Å². The van der Waals surface area contributed by atoms with Gasteiger partial charge >= 0.3 is 5.69 Å². The Bertz CT molecular complexity index is 1200. The van der Waals surface area contributed by atoms with Gasteiger partial charge in [0.15, 0.2) is 22.9 Å². The van der Waals surface area contributed by atoms with Crippen LogP contribution in [0.15, 0.2) is 47.4 Å². The van der Waals surface area contributed by atoms with Crippen molar-refractivity contribution >= 4 is 28.4 Å². The van der Waals surface area contributed by atoms with Gasteiger partial charge in [-0.05, 0) is 54.5 Å². The van der Waals surface area contributed by atoms with Gasteiger partial charge in [-0.3, -0.25) is 9.36 Å². The Morgan fingerprint density at radius 2 is 1.62 bits per heavy atom. The summed E-state index contributed by atoms with van der Waals surface area (Å²) in [5.41, 5.74) is -0.161. The van der Waals surface area contributed by atoms with Crippen molar-refractivity contribution in [1.82, 2.24) is 9.55 Å². The van der Waals surface area contributed by atoms with Gasteiger partial charge in [0.05, 0.1) is 6.61 Å². The third-order valence-electron chi connectivity index (χ3n) is 8.35. The number of carbonyl (C=O) groups excluding carboxylic acids is 1. The first-order valence-corrected chi connectivity index (χ1v) is 19.3. The molecule has 1 aromatic carbocycles. The Kier molecular flexibility index (Phi) is 9.15. The molecule has 39 heavy (non-hydrogen) atoms. The lowest BCUT2D eigenvalue weighted by Gasteiger charge is -2.40. The normalized spacial score (nSPS) is 22.6. The van der Waals surface area contributed by atoms with Crippen LogP contribution < -0.4 is 11.0 Å². The summed E-state index contributed by atoms with van der Waals surface area (Å²) in [6, 6.07) is 10.2. The molecule has 3 rings (SSSR count). The van der Waals surface area contributed by atoms with E-state index in [1.165, 1.54) is 10.8 Å². The molecule has 1 unspecified atom stereocenters. The molecule has 0 radical (unpaired) electrons. The van der Waals surface area contributed by atoms with Crippen molar-refractivity contribution in [3.8, 4) is 0 Å². The molecular weight excluding hydrogens is 530 g/mol. The average Bonchev–Trinajstić information content (AvgIpc) is 3.11. The molecular formula is C28H45N3O6Si2. The lowest BCUT2D eigenvalue weighted by Crippen LogP contribution is -2.50. The number of hydrogen-bond acceptors (Lipinski definition) is 7. The summed E-state index contributed by atoms with van der Waals surface area (Å²) in [4.78, 5) is 29.8. The Morgan fingerprint density at radius 3 is 2.15 bits per heavy atom. The van der Waals surface area contributed by atoms with E-state index >= 15 is 0 Å². The molecule has 1 aliphatic heterocycles. The molecule has 0 spiro atoms. The smallest absolute Gasteiger partial charge is 0.351 e. The fourth-order valence-corrected chi connectivity index (χ4v) is 5.99. The highest BCUT2D eigenvalue weighted by Gasteiger charge is 2.51. The van der Waals surface area contributed by atoms with Crippen LogP contribution in [0, 0.1) is 0 Å². The van der Waals surface area contributed by atoms with E-state index in [9.17, 15) is 14.7 Å². The van der Waals surface area contributed by atoms with Crippen LogP contribution in [-0.2, 0) is 13.6 Å². The minimum atomic E-state index is -2.36. The molecule has 2 aromatic rings. The van der Waals surface area contributed by atoms with E-state index in [-0.39, 0.29) is 28.4 Å². The molecule has 9 nitrogen and oxygen atoms in total. The summed E-state index contributed by atoms with van der Waals surface area (Å²) in [5.74, 6) is -0.238. The number of amides is 1. The minimum absolute atomic E-state index is 0.00608. The third kappa shape index (κ3) is 7.14. The fraction of sp³-hybridized carbons (Fsp3) is 0.607. The standard InChI is InChI=1S/C28H45N3O6Si2/c1-27(2,3)38(7,8)35-18-20-22(32)23(37-39(9,10)28(4,5)6)25(36-20)31-17-16-21(30-26(31)34)29-24(33)19-14-12-11-13-15-19/h11-17,20,22-23,25,32H,18H2,1-10H3,(H,29,30,33,34)/t20-,22+,23?,25-/m1/s1. The average molecular weight is 576 g/mol. The zero-order chi connectivity index (χ0) is 29.4. The van der Waals surface area contributed by atoms with Crippen molar-refractivity contribution < 1.29 is 23.5 Å². The molecule has 2 heterocycles. The number of aliphatic hydroxyl groups excluding tert-OH is 1. The van der Waals surface area contributed by atoms with Crippen LogP contribution in [0.5, 0.6) is 0 Å². The van der Waals surface area contributed by atoms with Crippen molar-refractivity contribution in [2.45, 2.75) is 102 Å². The predicted molar refractivity (Wildman–Crippen MR) is 158 cm³/mol. The van der Waals surface area contributed by atoms with E-state index < -0.39 is 46.9 Å². The highest BCUT2D eigenvalue weighted by Crippen LogP contribution is 2.42. The number of ether oxygens (including phenoxy) is 1. The second-order valence-corrected chi connectivity index (χ2v) is 22.9. The summed E-state index contributed by atoms with van der Waals surface area (Å²) >= 11 is 0. The van der Waals surface area contributed by atoms with Crippen LogP contribution >= 0.6 is 0 Å². The number of benzene rings is 1. The van der Waals surface area contributed by atoms with Crippen LogP contribution in [-0.4, -0.2) is 62.1 Å². The van der Waals surface area contributed by atoms with Gasteiger partial charge in [0.25, 0.3) is 5.91 Å². The van der Waals surface area contributed by atoms with Gasteiger partial charge in [0.1, 0.15) is 24.1 Å². The topological polar surface area (TPSA) is 112 Å². The van der Waals surface area contributed by atoms with E-state index in [1.54, 1.807) is 30.3 Å². The Labute approximate surface area is 234 Å². The fourth-order valence-electron chi connectivity index (χ4n) is 3.68. The van der Waals surface area contributed by atoms with Crippen LogP contribution in [0.2, 0.25) is 36.3 Å². The van der Waals surface area contributed by atoms with Crippen molar-refractivity contribution in [2.75, 3.05) is 11.9 Å². The first kappa shape index (κ1) is 31.4. The summed E-state index contributed by atoms with van der Waals surface area (Å²) < 4.78 is 20.6. The van der Waals surface area contributed by atoms with E-state index in [0.717, 1.165) is 0 Å². The van der Waals surface area contributed by atoms with Crippen LogP contribution in [0.25, 0.3) is 0 Å². The number of nitrogens with one attached hydrogen (secondary N) is 1. The highest BCUT2D eigenvalue weighted by molar-refractivity contribution is 6.74. The second kappa shape index (κ2) is 11.4. The largest absolute Gasteiger partial charge is 0.414 e. The van der Waals surface area contributed by atoms with Crippen molar-refractivity contribution in [3.63, 3.8) is 0 Å². The van der Waals surface area contributed by atoms with E-state index in [0.29, 0.717) is 5.56 Å².